The standard InChI is InChI=1S/C22H20BrNO6S/c1-3-29-17-10-15(9-16(23)20(17)30-13-14-7-5-4-6-8-14)11-18-21(26)24(22(27)31-18)12-19(25)28-2/h4-11H,3,12-13H2,1-2H3/b18-11+. The predicted molar refractivity (Wildman–Crippen MR) is 121 cm³/mol. The van der Waals surface area contributed by atoms with Crippen LogP contribution in [0.1, 0.15) is 18.1 Å². The highest BCUT2D eigenvalue weighted by Gasteiger charge is 2.36. The molecule has 1 aliphatic rings. The highest BCUT2D eigenvalue weighted by molar-refractivity contribution is 9.10. The van der Waals surface area contributed by atoms with Crippen molar-refractivity contribution < 1.29 is 28.6 Å². The van der Waals surface area contributed by atoms with Gasteiger partial charge in [0, 0.05) is 0 Å². The molecule has 0 aromatic heterocycles. The van der Waals surface area contributed by atoms with Gasteiger partial charge in [0.1, 0.15) is 13.2 Å². The first-order chi connectivity index (χ1) is 14.9. The number of thioether (sulfide) groups is 1. The fourth-order valence-electron chi connectivity index (χ4n) is 2.79. The zero-order valence-electron chi connectivity index (χ0n) is 16.9. The molecular weight excluding hydrogens is 486 g/mol. The molecule has 0 N–H and O–H groups in total. The van der Waals surface area contributed by atoms with Gasteiger partial charge >= 0.3 is 5.97 Å². The van der Waals surface area contributed by atoms with E-state index in [1.54, 1.807) is 18.2 Å². The summed E-state index contributed by atoms with van der Waals surface area (Å²) in [6, 6.07) is 13.3. The molecule has 0 aliphatic carbocycles. The van der Waals surface area contributed by atoms with Gasteiger partial charge in [-0.05, 0) is 64.0 Å². The van der Waals surface area contributed by atoms with Gasteiger partial charge in [-0.3, -0.25) is 19.3 Å². The van der Waals surface area contributed by atoms with Crippen LogP contribution in [0.2, 0.25) is 0 Å². The van der Waals surface area contributed by atoms with E-state index in [-0.39, 0.29) is 4.91 Å². The molecule has 2 aromatic rings. The number of hydrogen-bond acceptors (Lipinski definition) is 7. The van der Waals surface area contributed by atoms with Gasteiger partial charge in [-0.1, -0.05) is 30.3 Å². The van der Waals surface area contributed by atoms with Crippen LogP contribution in [0.25, 0.3) is 6.08 Å². The van der Waals surface area contributed by atoms with E-state index < -0.39 is 23.7 Å². The van der Waals surface area contributed by atoms with Crippen LogP contribution in [0.5, 0.6) is 11.5 Å². The monoisotopic (exact) mass is 505 g/mol. The molecule has 31 heavy (non-hydrogen) atoms. The molecule has 0 bridgehead atoms. The maximum Gasteiger partial charge on any atom is 0.325 e. The van der Waals surface area contributed by atoms with Crippen molar-refractivity contribution >= 4 is 50.9 Å². The lowest BCUT2D eigenvalue weighted by Gasteiger charge is -2.15. The topological polar surface area (TPSA) is 82.1 Å². The summed E-state index contributed by atoms with van der Waals surface area (Å²) in [7, 11) is 1.20. The molecule has 2 amide bonds. The minimum Gasteiger partial charge on any atom is -0.490 e. The molecule has 3 rings (SSSR count). The maximum atomic E-state index is 12.5. The lowest BCUT2D eigenvalue weighted by atomic mass is 10.1. The van der Waals surface area contributed by atoms with Crippen molar-refractivity contribution in [3.05, 3.63) is 63.0 Å². The van der Waals surface area contributed by atoms with E-state index in [2.05, 4.69) is 20.7 Å². The number of carbonyl (C=O) groups is 3. The van der Waals surface area contributed by atoms with Crippen LogP contribution in [0.4, 0.5) is 4.79 Å². The fourth-order valence-corrected chi connectivity index (χ4v) is 4.20. The SMILES string of the molecule is CCOc1cc(/C=C2/SC(=O)N(CC(=O)OC)C2=O)cc(Br)c1OCc1ccccc1. The van der Waals surface area contributed by atoms with E-state index >= 15 is 0 Å². The van der Waals surface area contributed by atoms with Crippen LogP contribution in [0, 0.1) is 0 Å². The first-order valence-electron chi connectivity index (χ1n) is 9.38. The molecule has 2 aromatic carbocycles. The fraction of sp³-hybridized carbons (Fsp3) is 0.227. The van der Waals surface area contributed by atoms with Crippen molar-refractivity contribution in [3.8, 4) is 11.5 Å². The number of imide groups is 1. The average Bonchev–Trinajstić information content (AvgIpc) is 3.01. The van der Waals surface area contributed by atoms with Crippen LogP contribution in [0.3, 0.4) is 0 Å². The smallest absolute Gasteiger partial charge is 0.325 e. The molecule has 1 heterocycles. The second-order valence-corrected chi connectivity index (χ2v) is 8.23. The Kier molecular flexibility index (Phi) is 7.75. The van der Waals surface area contributed by atoms with Crippen molar-refractivity contribution in [2.75, 3.05) is 20.3 Å². The number of rotatable bonds is 8. The van der Waals surface area contributed by atoms with Crippen molar-refractivity contribution in [1.82, 2.24) is 4.90 Å². The number of carbonyl (C=O) groups excluding carboxylic acids is 3. The summed E-state index contributed by atoms with van der Waals surface area (Å²) in [6.07, 6.45) is 1.58. The lowest BCUT2D eigenvalue weighted by molar-refractivity contribution is -0.143. The number of benzene rings is 2. The third kappa shape index (κ3) is 5.68. The summed E-state index contributed by atoms with van der Waals surface area (Å²) in [4.78, 5) is 37.2. The third-order valence-corrected chi connectivity index (χ3v) is 5.74. The Hall–Kier alpha value is -2.78. The molecule has 1 fully saturated rings. The Labute approximate surface area is 192 Å². The highest BCUT2D eigenvalue weighted by atomic mass is 79.9. The summed E-state index contributed by atoms with van der Waals surface area (Å²) >= 11 is 4.28. The zero-order chi connectivity index (χ0) is 22.4. The van der Waals surface area contributed by atoms with Gasteiger partial charge in [-0.2, -0.15) is 0 Å². The molecule has 9 heteroatoms. The second kappa shape index (κ2) is 10.5. The van der Waals surface area contributed by atoms with Crippen molar-refractivity contribution in [3.63, 3.8) is 0 Å². The van der Waals surface area contributed by atoms with Gasteiger partial charge < -0.3 is 14.2 Å². The molecule has 0 radical (unpaired) electrons. The van der Waals surface area contributed by atoms with E-state index in [9.17, 15) is 14.4 Å². The molecule has 0 saturated carbocycles. The van der Waals surface area contributed by atoms with Crippen LogP contribution < -0.4 is 9.47 Å². The first kappa shape index (κ1) is 22.9. The molecule has 7 nitrogen and oxygen atoms in total. The largest absolute Gasteiger partial charge is 0.490 e. The lowest BCUT2D eigenvalue weighted by Crippen LogP contribution is -2.34. The number of amides is 2. The van der Waals surface area contributed by atoms with E-state index in [0.29, 0.717) is 34.7 Å². The van der Waals surface area contributed by atoms with E-state index in [1.165, 1.54) is 7.11 Å². The Balaban J connectivity index is 1.84. The van der Waals surface area contributed by atoms with Gasteiger partial charge in [-0.15, -0.1) is 0 Å². The quantitative estimate of drug-likeness (QED) is 0.381. The minimum atomic E-state index is -0.662. The van der Waals surface area contributed by atoms with Crippen molar-refractivity contribution in [2.45, 2.75) is 13.5 Å². The van der Waals surface area contributed by atoms with Crippen molar-refractivity contribution in [1.29, 1.82) is 0 Å². The Morgan fingerprint density at radius 2 is 1.90 bits per heavy atom. The number of esters is 1. The normalized spacial score (nSPS) is 14.8. The second-order valence-electron chi connectivity index (χ2n) is 6.38. The summed E-state index contributed by atoms with van der Waals surface area (Å²) in [5.41, 5.74) is 1.66. The summed E-state index contributed by atoms with van der Waals surface area (Å²) in [5.74, 6) is -0.154. The minimum absolute atomic E-state index is 0.209. The zero-order valence-corrected chi connectivity index (χ0v) is 19.3. The van der Waals surface area contributed by atoms with Crippen LogP contribution in [-0.4, -0.2) is 42.3 Å². The number of hydrogen-bond donors (Lipinski definition) is 0. The predicted octanol–water partition coefficient (Wildman–Crippen LogP) is 4.64. The van der Waals surface area contributed by atoms with Crippen molar-refractivity contribution in [2.24, 2.45) is 0 Å². The number of ether oxygens (including phenoxy) is 3. The Bertz CT molecular complexity index is 1020. The van der Waals surface area contributed by atoms with Gasteiger partial charge in [0.25, 0.3) is 11.1 Å². The van der Waals surface area contributed by atoms with E-state index in [0.717, 1.165) is 22.2 Å². The van der Waals surface area contributed by atoms with Gasteiger partial charge in [0.2, 0.25) is 0 Å². The number of halogens is 1. The van der Waals surface area contributed by atoms with E-state index in [1.807, 2.05) is 37.3 Å². The third-order valence-electron chi connectivity index (χ3n) is 4.24. The highest BCUT2D eigenvalue weighted by Crippen LogP contribution is 2.39. The molecule has 162 valence electrons. The van der Waals surface area contributed by atoms with Gasteiger partial charge in [0.05, 0.1) is 23.1 Å². The summed E-state index contributed by atoms with van der Waals surface area (Å²) in [5, 5.41) is -0.520. The molecular formula is C22H20BrNO6S. The van der Waals surface area contributed by atoms with Crippen LogP contribution >= 0.6 is 27.7 Å². The molecule has 0 spiro atoms. The Morgan fingerprint density at radius 1 is 1.16 bits per heavy atom. The van der Waals surface area contributed by atoms with Crippen LogP contribution in [-0.2, 0) is 20.9 Å². The summed E-state index contributed by atoms with van der Waals surface area (Å²) < 4.78 is 16.9. The van der Waals surface area contributed by atoms with Crippen LogP contribution in [0.15, 0.2) is 51.8 Å². The maximum absolute atomic E-state index is 12.5. The molecule has 1 aliphatic heterocycles. The van der Waals surface area contributed by atoms with Gasteiger partial charge in [0.15, 0.2) is 11.5 Å². The molecule has 1 saturated heterocycles. The first-order valence-corrected chi connectivity index (χ1v) is 11.0. The van der Waals surface area contributed by atoms with Gasteiger partial charge in [-0.25, -0.2) is 0 Å². The Morgan fingerprint density at radius 3 is 2.58 bits per heavy atom. The molecule has 0 atom stereocenters. The molecule has 0 unspecified atom stereocenters. The average molecular weight is 506 g/mol. The number of nitrogens with zero attached hydrogens (tertiary/aromatic N) is 1. The van der Waals surface area contributed by atoms with E-state index in [4.69, 9.17) is 9.47 Å². The number of methoxy groups -OCH3 is 1. The summed E-state index contributed by atoms with van der Waals surface area (Å²) in [6.45, 7) is 2.23.